The van der Waals surface area contributed by atoms with Crippen molar-refractivity contribution in [1.82, 2.24) is 14.9 Å². The van der Waals surface area contributed by atoms with Crippen LogP contribution in [0.5, 0.6) is 0 Å². The Morgan fingerprint density at radius 2 is 1.49 bits per heavy atom. The molecule has 0 radical (unpaired) electrons. The highest BCUT2D eigenvalue weighted by atomic mass is 16.6. The van der Waals surface area contributed by atoms with Gasteiger partial charge in [0.15, 0.2) is 0 Å². The van der Waals surface area contributed by atoms with Gasteiger partial charge in [-0.3, -0.25) is 14.2 Å². The minimum absolute atomic E-state index is 0.252. The topological polar surface area (TPSA) is 90.3 Å². The summed E-state index contributed by atoms with van der Waals surface area (Å²) in [4.78, 5) is 44.3. The van der Waals surface area contributed by atoms with Crippen LogP contribution in [0, 0.1) is 0 Å². The minimum Gasteiger partial charge on any atom is -0.458 e. The zero-order valence-corrected chi connectivity index (χ0v) is 21.3. The van der Waals surface area contributed by atoms with Crippen LogP contribution in [0.25, 0.3) is 11.0 Å². The van der Waals surface area contributed by atoms with Crippen molar-refractivity contribution in [2.24, 2.45) is 0 Å². The summed E-state index contributed by atoms with van der Waals surface area (Å²) in [6.07, 6.45) is 0.618. The van der Waals surface area contributed by atoms with Gasteiger partial charge in [-0.05, 0) is 44.0 Å². The summed E-state index contributed by atoms with van der Waals surface area (Å²) < 4.78 is 6.99. The standard InChI is InChI=1S/C30H31N3O4/c1-30(2,3)37-29(36)25(19-22-14-8-5-9-15-22)32-27(34)20-33-26-17-11-10-16-23(26)31-24(28(33)35)18-21-12-6-4-7-13-21/h4-17,25H,18-20H2,1-3H3,(H,32,34). The number of ether oxygens (including phenoxy) is 1. The predicted molar refractivity (Wildman–Crippen MR) is 143 cm³/mol. The number of para-hydroxylation sites is 2. The van der Waals surface area contributed by atoms with Crippen molar-refractivity contribution in [3.05, 3.63) is 112 Å². The van der Waals surface area contributed by atoms with Crippen LogP contribution in [0.4, 0.5) is 0 Å². The largest absolute Gasteiger partial charge is 0.458 e. The summed E-state index contributed by atoms with van der Waals surface area (Å²) in [6.45, 7) is 5.09. The normalized spacial score (nSPS) is 12.2. The number of benzene rings is 3. The number of aromatic nitrogens is 2. The molecule has 37 heavy (non-hydrogen) atoms. The number of hydrogen-bond acceptors (Lipinski definition) is 5. The van der Waals surface area contributed by atoms with E-state index in [4.69, 9.17) is 4.74 Å². The molecule has 7 heteroatoms. The summed E-state index contributed by atoms with van der Waals surface area (Å²) in [7, 11) is 0. The molecule has 0 aliphatic carbocycles. The second-order valence-electron chi connectivity index (χ2n) is 9.94. The Kier molecular flexibility index (Phi) is 7.82. The molecule has 7 nitrogen and oxygen atoms in total. The molecule has 1 amide bonds. The van der Waals surface area contributed by atoms with Crippen LogP contribution in [-0.4, -0.2) is 33.1 Å². The quantitative estimate of drug-likeness (QED) is 0.371. The second kappa shape index (κ2) is 11.2. The molecule has 3 aromatic carbocycles. The Morgan fingerprint density at radius 3 is 2.14 bits per heavy atom. The molecule has 0 bridgehead atoms. The lowest BCUT2D eigenvalue weighted by molar-refractivity contribution is -0.158. The Labute approximate surface area is 216 Å². The van der Waals surface area contributed by atoms with Crippen molar-refractivity contribution in [3.63, 3.8) is 0 Å². The number of rotatable bonds is 8. The lowest BCUT2D eigenvalue weighted by atomic mass is 10.1. The van der Waals surface area contributed by atoms with Crippen molar-refractivity contribution in [2.75, 3.05) is 0 Å². The smallest absolute Gasteiger partial charge is 0.329 e. The number of amides is 1. The molecule has 190 valence electrons. The molecule has 1 aromatic heterocycles. The van der Waals surface area contributed by atoms with Crippen LogP contribution in [0.2, 0.25) is 0 Å². The van der Waals surface area contributed by atoms with E-state index in [1.165, 1.54) is 4.57 Å². The molecule has 1 heterocycles. The fraction of sp³-hybridized carbons (Fsp3) is 0.267. The first-order valence-electron chi connectivity index (χ1n) is 12.3. The van der Waals surface area contributed by atoms with Crippen molar-refractivity contribution in [2.45, 2.75) is 51.8 Å². The Bertz CT molecular complexity index is 1440. The Morgan fingerprint density at radius 1 is 0.892 bits per heavy atom. The maximum absolute atomic E-state index is 13.4. The van der Waals surface area contributed by atoms with Gasteiger partial charge in [0.05, 0.1) is 11.0 Å². The zero-order chi connectivity index (χ0) is 26.4. The first-order valence-corrected chi connectivity index (χ1v) is 12.3. The van der Waals surface area contributed by atoms with Crippen molar-refractivity contribution >= 4 is 22.9 Å². The van der Waals surface area contributed by atoms with E-state index in [1.807, 2.05) is 72.8 Å². The number of nitrogens with zero attached hydrogens (tertiary/aromatic N) is 2. The van der Waals surface area contributed by atoms with Crippen LogP contribution in [0.1, 0.15) is 37.6 Å². The second-order valence-corrected chi connectivity index (χ2v) is 9.94. The number of carbonyl (C=O) groups is 2. The van der Waals surface area contributed by atoms with Crippen LogP contribution in [0.3, 0.4) is 0 Å². The fourth-order valence-electron chi connectivity index (χ4n) is 4.11. The molecule has 4 aromatic rings. The number of nitrogens with one attached hydrogen (secondary N) is 1. The van der Waals surface area contributed by atoms with E-state index in [-0.39, 0.29) is 18.5 Å². The molecule has 0 fully saturated rings. The van der Waals surface area contributed by atoms with E-state index < -0.39 is 23.5 Å². The van der Waals surface area contributed by atoms with E-state index >= 15 is 0 Å². The Hall–Kier alpha value is -4.26. The minimum atomic E-state index is -0.901. The maximum atomic E-state index is 13.4. The van der Waals surface area contributed by atoms with Gasteiger partial charge in [0.2, 0.25) is 5.91 Å². The molecule has 0 aliphatic heterocycles. The lowest BCUT2D eigenvalue weighted by Gasteiger charge is -2.25. The average Bonchev–Trinajstić information content (AvgIpc) is 2.86. The van der Waals surface area contributed by atoms with Crippen molar-refractivity contribution in [1.29, 1.82) is 0 Å². The van der Waals surface area contributed by atoms with Crippen molar-refractivity contribution in [3.8, 4) is 0 Å². The highest BCUT2D eigenvalue weighted by Crippen LogP contribution is 2.14. The number of carbonyl (C=O) groups excluding carboxylic acids is 2. The van der Waals surface area contributed by atoms with Crippen LogP contribution in [0.15, 0.2) is 89.7 Å². The zero-order valence-electron chi connectivity index (χ0n) is 21.3. The molecular formula is C30H31N3O4. The van der Waals surface area contributed by atoms with Gasteiger partial charge in [-0.15, -0.1) is 0 Å². The third kappa shape index (κ3) is 6.91. The Balaban J connectivity index is 1.62. The summed E-state index contributed by atoms with van der Waals surface area (Å²) in [5.41, 5.74) is 2.31. The molecule has 1 atom stereocenters. The highest BCUT2D eigenvalue weighted by Gasteiger charge is 2.27. The molecule has 0 saturated carbocycles. The van der Waals surface area contributed by atoms with Gasteiger partial charge in [-0.1, -0.05) is 72.8 Å². The van der Waals surface area contributed by atoms with Gasteiger partial charge in [0.1, 0.15) is 23.9 Å². The van der Waals surface area contributed by atoms with Gasteiger partial charge in [-0.2, -0.15) is 0 Å². The SMILES string of the molecule is CC(C)(C)OC(=O)C(Cc1ccccc1)NC(=O)Cn1c(=O)c(Cc2ccccc2)nc2ccccc21. The third-order valence-electron chi connectivity index (χ3n) is 5.75. The van der Waals surface area contributed by atoms with Gasteiger partial charge in [-0.25, -0.2) is 9.78 Å². The van der Waals surface area contributed by atoms with Crippen LogP contribution >= 0.6 is 0 Å². The monoisotopic (exact) mass is 497 g/mol. The number of esters is 1. The molecule has 1 unspecified atom stereocenters. The van der Waals surface area contributed by atoms with Gasteiger partial charge >= 0.3 is 5.97 Å². The maximum Gasteiger partial charge on any atom is 0.329 e. The van der Waals surface area contributed by atoms with E-state index in [1.54, 1.807) is 32.9 Å². The first-order chi connectivity index (χ1) is 17.7. The van der Waals surface area contributed by atoms with E-state index in [2.05, 4.69) is 10.3 Å². The van der Waals surface area contributed by atoms with Crippen molar-refractivity contribution < 1.29 is 14.3 Å². The summed E-state index contributed by atoms with van der Waals surface area (Å²) in [5, 5.41) is 2.80. The van der Waals surface area contributed by atoms with E-state index in [9.17, 15) is 14.4 Å². The summed E-state index contributed by atoms with van der Waals surface area (Å²) in [5.74, 6) is -0.989. The predicted octanol–water partition coefficient (Wildman–Crippen LogP) is 4.06. The summed E-state index contributed by atoms with van der Waals surface area (Å²) in [6, 6.07) is 25.3. The van der Waals surface area contributed by atoms with Crippen LogP contribution < -0.4 is 10.9 Å². The van der Waals surface area contributed by atoms with E-state index in [0.29, 0.717) is 23.1 Å². The van der Waals surface area contributed by atoms with E-state index in [0.717, 1.165) is 11.1 Å². The van der Waals surface area contributed by atoms with Crippen LogP contribution in [-0.2, 0) is 33.7 Å². The van der Waals surface area contributed by atoms with Gasteiger partial charge < -0.3 is 10.1 Å². The molecule has 4 rings (SSSR count). The first kappa shape index (κ1) is 25.8. The molecule has 1 N–H and O–H groups in total. The average molecular weight is 498 g/mol. The van der Waals surface area contributed by atoms with Gasteiger partial charge in [0.25, 0.3) is 5.56 Å². The fourth-order valence-corrected chi connectivity index (χ4v) is 4.11. The summed E-state index contributed by atoms with van der Waals surface area (Å²) >= 11 is 0. The molecule has 0 aliphatic rings. The number of fused-ring (bicyclic) bond motifs is 1. The number of hydrogen-bond donors (Lipinski definition) is 1. The highest BCUT2D eigenvalue weighted by molar-refractivity contribution is 5.86. The molecular weight excluding hydrogens is 466 g/mol. The van der Waals surface area contributed by atoms with Gasteiger partial charge in [0, 0.05) is 12.8 Å². The molecule has 0 saturated heterocycles. The third-order valence-corrected chi connectivity index (χ3v) is 5.75. The molecule has 0 spiro atoms. The lowest BCUT2D eigenvalue weighted by Crippen LogP contribution is -2.47.